The average Bonchev–Trinajstić information content (AvgIpc) is 2.36. The number of nitrogens with two attached hydrogens (primary N) is 1. The van der Waals surface area contributed by atoms with Crippen molar-refractivity contribution in [2.45, 2.75) is 18.7 Å². The highest BCUT2D eigenvalue weighted by Crippen LogP contribution is 2.32. The minimum atomic E-state index is 0.623. The molecule has 0 aromatic heterocycles. The van der Waals surface area contributed by atoms with Crippen molar-refractivity contribution in [3.05, 3.63) is 52.5 Å². The van der Waals surface area contributed by atoms with E-state index in [4.69, 9.17) is 22.1 Å². The number of hydrogen-bond donors (Lipinski definition) is 1. The summed E-state index contributed by atoms with van der Waals surface area (Å²) in [5.41, 5.74) is 9.05. The number of rotatable bonds is 5. The van der Waals surface area contributed by atoms with E-state index in [-0.39, 0.29) is 0 Å². The predicted octanol–water partition coefficient (Wildman–Crippen LogP) is 4.71. The van der Waals surface area contributed by atoms with Gasteiger partial charge in [0, 0.05) is 16.3 Å². The molecule has 0 bridgehead atoms. The summed E-state index contributed by atoms with van der Waals surface area (Å²) in [6.45, 7) is 4.76. The molecular weight excluding hydrogens is 290 g/mol. The van der Waals surface area contributed by atoms with Crippen LogP contribution in [0.15, 0.2) is 41.3 Å². The lowest BCUT2D eigenvalue weighted by atomic mass is 10.1. The van der Waals surface area contributed by atoms with Crippen LogP contribution < -0.4 is 10.5 Å². The summed E-state index contributed by atoms with van der Waals surface area (Å²) in [6, 6.07) is 11.8. The van der Waals surface area contributed by atoms with Crippen molar-refractivity contribution >= 4 is 29.1 Å². The molecule has 2 aromatic rings. The molecular formula is C16H18ClNOS. The van der Waals surface area contributed by atoms with Crippen LogP contribution in [0.5, 0.6) is 5.75 Å². The molecule has 0 saturated heterocycles. The Morgan fingerprint density at radius 1 is 1.15 bits per heavy atom. The van der Waals surface area contributed by atoms with Crippen LogP contribution in [0, 0.1) is 13.8 Å². The minimum absolute atomic E-state index is 0.623. The van der Waals surface area contributed by atoms with Crippen molar-refractivity contribution in [3.63, 3.8) is 0 Å². The Morgan fingerprint density at radius 2 is 1.85 bits per heavy atom. The first kappa shape index (κ1) is 15.1. The van der Waals surface area contributed by atoms with E-state index in [0.717, 1.165) is 16.4 Å². The van der Waals surface area contributed by atoms with Gasteiger partial charge in [0.15, 0.2) is 0 Å². The van der Waals surface area contributed by atoms with Gasteiger partial charge in [-0.3, -0.25) is 0 Å². The molecule has 0 unspecified atom stereocenters. The fourth-order valence-electron chi connectivity index (χ4n) is 2.00. The van der Waals surface area contributed by atoms with E-state index in [1.54, 1.807) is 11.8 Å². The zero-order valence-corrected chi connectivity index (χ0v) is 13.2. The average molecular weight is 308 g/mol. The molecule has 2 aromatic carbocycles. The molecule has 2 N–H and O–H groups in total. The van der Waals surface area contributed by atoms with E-state index in [2.05, 4.69) is 19.9 Å². The van der Waals surface area contributed by atoms with E-state index in [9.17, 15) is 0 Å². The van der Waals surface area contributed by atoms with Gasteiger partial charge in [-0.1, -0.05) is 23.7 Å². The molecule has 0 heterocycles. The van der Waals surface area contributed by atoms with Gasteiger partial charge in [0.2, 0.25) is 0 Å². The molecule has 0 aliphatic heterocycles. The van der Waals surface area contributed by atoms with Crippen LogP contribution >= 0.6 is 23.4 Å². The lowest BCUT2D eigenvalue weighted by Gasteiger charge is -2.10. The van der Waals surface area contributed by atoms with Gasteiger partial charge in [-0.05, 0) is 49.2 Å². The second-order valence-corrected chi connectivity index (χ2v) is 6.19. The number of nitrogen functional groups attached to an aromatic ring is 1. The van der Waals surface area contributed by atoms with Gasteiger partial charge in [0.05, 0.1) is 11.6 Å². The van der Waals surface area contributed by atoms with Crippen LogP contribution in [0.4, 0.5) is 5.69 Å². The van der Waals surface area contributed by atoms with E-state index >= 15 is 0 Å². The molecule has 0 aliphatic carbocycles. The zero-order valence-electron chi connectivity index (χ0n) is 11.7. The Bertz CT molecular complexity index is 561. The van der Waals surface area contributed by atoms with Gasteiger partial charge in [-0.2, -0.15) is 0 Å². The number of hydrogen-bond acceptors (Lipinski definition) is 3. The SMILES string of the molecule is Cc1cc(C)cc(OCCSc2c(N)cccc2Cl)c1. The van der Waals surface area contributed by atoms with Gasteiger partial charge in [0.1, 0.15) is 5.75 Å². The van der Waals surface area contributed by atoms with Crippen LogP contribution in [0.1, 0.15) is 11.1 Å². The molecule has 106 valence electrons. The molecule has 0 radical (unpaired) electrons. The molecule has 0 fully saturated rings. The maximum atomic E-state index is 6.13. The van der Waals surface area contributed by atoms with Gasteiger partial charge in [-0.25, -0.2) is 0 Å². The van der Waals surface area contributed by atoms with E-state index < -0.39 is 0 Å². The highest BCUT2D eigenvalue weighted by atomic mass is 35.5. The van der Waals surface area contributed by atoms with Crippen LogP contribution in [-0.4, -0.2) is 12.4 Å². The fourth-order valence-corrected chi connectivity index (χ4v) is 3.15. The summed E-state index contributed by atoms with van der Waals surface area (Å²) in [7, 11) is 0. The van der Waals surface area contributed by atoms with Crippen LogP contribution in [0.2, 0.25) is 5.02 Å². The monoisotopic (exact) mass is 307 g/mol. The van der Waals surface area contributed by atoms with E-state index in [1.807, 2.05) is 30.3 Å². The van der Waals surface area contributed by atoms with Gasteiger partial charge in [-0.15, -0.1) is 11.8 Å². The Kier molecular flexibility index (Phi) is 5.21. The van der Waals surface area contributed by atoms with Gasteiger partial charge < -0.3 is 10.5 Å². The molecule has 20 heavy (non-hydrogen) atoms. The molecule has 2 rings (SSSR count). The third-order valence-corrected chi connectivity index (χ3v) is 4.33. The zero-order chi connectivity index (χ0) is 14.5. The predicted molar refractivity (Wildman–Crippen MR) is 88.0 cm³/mol. The summed E-state index contributed by atoms with van der Waals surface area (Å²) in [4.78, 5) is 0.929. The van der Waals surface area contributed by atoms with E-state index in [1.165, 1.54) is 11.1 Å². The number of thioether (sulfide) groups is 1. The number of aryl methyl sites for hydroxylation is 2. The second-order valence-electron chi connectivity index (χ2n) is 4.68. The molecule has 2 nitrogen and oxygen atoms in total. The largest absolute Gasteiger partial charge is 0.493 e. The van der Waals surface area contributed by atoms with Crippen LogP contribution in [0.25, 0.3) is 0 Å². The summed E-state index contributed by atoms with van der Waals surface area (Å²) >= 11 is 7.74. The third-order valence-electron chi connectivity index (χ3n) is 2.79. The van der Waals surface area contributed by atoms with Crippen molar-refractivity contribution in [1.82, 2.24) is 0 Å². The minimum Gasteiger partial charge on any atom is -0.493 e. The Labute approximate surface area is 129 Å². The smallest absolute Gasteiger partial charge is 0.119 e. The summed E-state index contributed by atoms with van der Waals surface area (Å²) in [6.07, 6.45) is 0. The quantitative estimate of drug-likeness (QED) is 0.493. The van der Waals surface area contributed by atoms with Crippen LogP contribution in [0.3, 0.4) is 0 Å². The van der Waals surface area contributed by atoms with Crippen molar-refractivity contribution in [2.75, 3.05) is 18.1 Å². The van der Waals surface area contributed by atoms with Gasteiger partial charge >= 0.3 is 0 Å². The van der Waals surface area contributed by atoms with Crippen LogP contribution in [-0.2, 0) is 0 Å². The lowest BCUT2D eigenvalue weighted by Crippen LogP contribution is -2.01. The van der Waals surface area contributed by atoms with Crippen molar-refractivity contribution in [2.24, 2.45) is 0 Å². The lowest BCUT2D eigenvalue weighted by molar-refractivity contribution is 0.343. The molecule has 0 spiro atoms. The highest BCUT2D eigenvalue weighted by molar-refractivity contribution is 7.99. The fraction of sp³-hybridized carbons (Fsp3) is 0.250. The Hall–Kier alpha value is -1.32. The summed E-state index contributed by atoms with van der Waals surface area (Å²) in [5, 5.41) is 0.696. The number of halogens is 1. The first-order valence-corrected chi connectivity index (χ1v) is 7.80. The standard InChI is InChI=1S/C16H18ClNOS/c1-11-8-12(2)10-13(9-11)19-6-7-20-16-14(17)4-3-5-15(16)18/h3-5,8-10H,6-7,18H2,1-2H3. The maximum absolute atomic E-state index is 6.13. The van der Waals surface area contributed by atoms with E-state index in [0.29, 0.717) is 17.3 Å². The summed E-state index contributed by atoms with van der Waals surface area (Å²) < 4.78 is 5.76. The number of ether oxygens (including phenoxy) is 1. The Morgan fingerprint density at radius 3 is 2.50 bits per heavy atom. The topological polar surface area (TPSA) is 35.2 Å². The first-order valence-electron chi connectivity index (χ1n) is 6.44. The molecule has 0 saturated carbocycles. The second kappa shape index (κ2) is 6.91. The van der Waals surface area contributed by atoms with Crippen molar-refractivity contribution < 1.29 is 4.74 Å². The van der Waals surface area contributed by atoms with Crippen molar-refractivity contribution in [1.29, 1.82) is 0 Å². The highest BCUT2D eigenvalue weighted by Gasteiger charge is 2.05. The third kappa shape index (κ3) is 4.09. The summed E-state index contributed by atoms with van der Waals surface area (Å²) in [5.74, 6) is 1.72. The first-order chi connectivity index (χ1) is 9.56. The number of benzene rings is 2. The Balaban J connectivity index is 1.88. The molecule has 0 aliphatic rings. The van der Waals surface area contributed by atoms with Gasteiger partial charge in [0.25, 0.3) is 0 Å². The number of anilines is 1. The molecule has 4 heteroatoms. The molecule has 0 atom stereocenters. The van der Waals surface area contributed by atoms with Crippen molar-refractivity contribution in [3.8, 4) is 5.75 Å². The normalized spacial score (nSPS) is 10.6. The maximum Gasteiger partial charge on any atom is 0.119 e. The molecule has 0 amide bonds.